The van der Waals surface area contributed by atoms with Crippen molar-refractivity contribution in [1.29, 1.82) is 0 Å². The number of rotatable bonds is 4. The molecule has 0 fully saturated rings. The number of hydrogen-bond acceptors (Lipinski definition) is 4. The Kier molecular flexibility index (Phi) is 3.67. The van der Waals surface area contributed by atoms with Crippen molar-refractivity contribution in [3.05, 3.63) is 54.4 Å². The van der Waals surface area contributed by atoms with Crippen molar-refractivity contribution >= 4 is 34.5 Å². The maximum Gasteiger partial charge on any atom is 0.211 e. The molecular weight excluding hydrogens is 276 g/mol. The molecule has 0 saturated heterocycles. The van der Waals surface area contributed by atoms with Gasteiger partial charge in [-0.3, -0.25) is 4.79 Å². The summed E-state index contributed by atoms with van der Waals surface area (Å²) in [4.78, 5) is 19.1. The van der Waals surface area contributed by atoms with Gasteiger partial charge in [-0.25, -0.2) is 9.97 Å². The van der Waals surface area contributed by atoms with E-state index in [9.17, 15) is 4.79 Å². The number of anilines is 3. The van der Waals surface area contributed by atoms with Gasteiger partial charge in [0.05, 0.1) is 5.52 Å². The summed E-state index contributed by atoms with van der Waals surface area (Å²) in [6, 6.07) is 12.9. The fourth-order valence-electron chi connectivity index (χ4n) is 2.14. The summed E-state index contributed by atoms with van der Waals surface area (Å²) < 4.78 is 0. The molecule has 22 heavy (non-hydrogen) atoms. The van der Waals surface area contributed by atoms with Gasteiger partial charge >= 0.3 is 0 Å². The second kappa shape index (κ2) is 5.94. The van der Waals surface area contributed by atoms with Gasteiger partial charge in [0.15, 0.2) is 0 Å². The molecule has 3 rings (SSSR count). The predicted molar refractivity (Wildman–Crippen MR) is 86.9 cm³/mol. The number of terminal acetylenes is 1. The second-order valence-electron chi connectivity index (χ2n) is 4.57. The smallest absolute Gasteiger partial charge is 0.211 e. The minimum atomic E-state index is 0.633. The molecule has 1 aromatic heterocycles. The van der Waals surface area contributed by atoms with E-state index in [1.165, 1.54) is 6.33 Å². The highest BCUT2D eigenvalue weighted by Crippen LogP contribution is 2.25. The zero-order valence-corrected chi connectivity index (χ0v) is 11.6. The van der Waals surface area contributed by atoms with Crippen LogP contribution in [0.4, 0.5) is 17.2 Å². The molecule has 1 heterocycles. The largest absolute Gasteiger partial charge is 0.340 e. The Hall–Kier alpha value is -3.39. The molecule has 5 nitrogen and oxygen atoms in total. The molecule has 0 spiro atoms. The van der Waals surface area contributed by atoms with Gasteiger partial charge in [-0.05, 0) is 36.4 Å². The predicted octanol–water partition coefficient (Wildman–Crippen LogP) is 2.92. The molecule has 0 aliphatic carbocycles. The minimum absolute atomic E-state index is 0.633. The lowest BCUT2D eigenvalue weighted by atomic mass is 10.2. The third-order valence-electron chi connectivity index (χ3n) is 3.15. The van der Waals surface area contributed by atoms with Crippen molar-refractivity contribution in [3.8, 4) is 12.3 Å². The van der Waals surface area contributed by atoms with E-state index in [1.807, 2.05) is 36.4 Å². The van der Waals surface area contributed by atoms with Gasteiger partial charge in [0.25, 0.3) is 0 Å². The van der Waals surface area contributed by atoms with Crippen LogP contribution in [0.1, 0.15) is 5.56 Å². The van der Waals surface area contributed by atoms with Crippen LogP contribution in [0.2, 0.25) is 0 Å². The molecule has 0 unspecified atom stereocenters. The summed E-state index contributed by atoms with van der Waals surface area (Å²) in [6.45, 7) is 0. The number of amides is 1. The van der Waals surface area contributed by atoms with Crippen molar-refractivity contribution in [1.82, 2.24) is 9.97 Å². The number of carbonyl (C=O) groups is 1. The third kappa shape index (κ3) is 2.72. The van der Waals surface area contributed by atoms with Crippen LogP contribution in [-0.4, -0.2) is 16.4 Å². The normalized spacial score (nSPS) is 9.95. The van der Waals surface area contributed by atoms with Crippen molar-refractivity contribution in [2.24, 2.45) is 0 Å². The second-order valence-corrected chi connectivity index (χ2v) is 4.57. The lowest BCUT2D eigenvalue weighted by Gasteiger charge is -2.09. The molecule has 0 radical (unpaired) electrons. The Morgan fingerprint density at radius 1 is 1.09 bits per heavy atom. The summed E-state index contributed by atoms with van der Waals surface area (Å²) in [7, 11) is 0. The van der Waals surface area contributed by atoms with Crippen LogP contribution in [0, 0.1) is 12.3 Å². The van der Waals surface area contributed by atoms with Crippen LogP contribution in [0.15, 0.2) is 48.8 Å². The van der Waals surface area contributed by atoms with E-state index in [0.717, 1.165) is 22.2 Å². The van der Waals surface area contributed by atoms with Crippen molar-refractivity contribution in [3.63, 3.8) is 0 Å². The molecule has 2 aromatic carbocycles. The van der Waals surface area contributed by atoms with Gasteiger partial charge in [0, 0.05) is 22.3 Å². The summed E-state index contributed by atoms with van der Waals surface area (Å²) in [5, 5.41) is 6.65. The maximum atomic E-state index is 10.6. The van der Waals surface area contributed by atoms with E-state index in [-0.39, 0.29) is 0 Å². The van der Waals surface area contributed by atoms with E-state index in [4.69, 9.17) is 6.42 Å². The summed E-state index contributed by atoms with van der Waals surface area (Å²) >= 11 is 0. The van der Waals surface area contributed by atoms with Gasteiger partial charge < -0.3 is 10.6 Å². The molecule has 0 saturated carbocycles. The van der Waals surface area contributed by atoms with E-state index >= 15 is 0 Å². The average molecular weight is 288 g/mol. The Morgan fingerprint density at radius 3 is 2.82 bits per heavy atom. The number of hydrogen-bond donors (Lipinski definition) is 2. The van der Waals surface area contributed by atoms with Crippen LogP contribution in [0.3, 0.4) is 0 Å². The quantitative estimate of drug-likeness (QED) is 0.572. The molecular formula is C17H12N4O. The van der Waals surface area contributed by atoms with Crippen molar-refractivity contribution < 1.29 is 4.79 Å². The molecule has 106 valence electrons. The van der Waals surface area contributed by atoms with Gasteiger partial charge in [-0.1, -0.05) is 12.0 Å². The molecule has 3 aromatic rings. The number of fused-ring (bicyclic) bond motifs is 1. The molecule has 1 amide bonds. The molecule has 2 N–H and O–H groups in total. The Labute approximate surface area is 127 Å². The molecule has 0 aliphatic heterocycles. The first kappa shape index (κ1) is 13.6. The molecule has 5 heteroatoms. The van der Waals surface area contributed by atoms with Crippen molar-refractivity contribution in [2.45, 2.75) is 0 Å². The zero-order chi connectivity index (χ0) is 15.4. The number of nitrogens with one attached hydrogen (secondary N) is 2. The fraction of sp³-hybridized carbons (Fsp3) is 0. The lowest BCUT2D eigenvalue weighted by molar-refractivity contribution is -0.105. The van der Waals surface area contributed by atoms with Crippen LogP contribution in [0.25, 0.3) is 10.9 Å². The Morgan fingerprint density at radius 2 is 2.00 bits per heavy atom. The lowest BCUT2D eigenvalue weighted by Crippen LogP contribution is -1.98. The molecule has 0 aliphatic rings. The van der Waals surface area contributed by atoms with E-state index in [1.54, 1.807) is 6.07 Å². The van der Waals surface area contributed by atoms with Crippen LogP contribution >= 0.6 is 0 Å². The van der Waals surface area contributed by atoms with Gasteiger partial charge in [0.2, 0.25) is 6.41 Å². The van der Waals surface area contributed by atoms with E-state index in [2.05, 4.69) is 26.5 Å². The van der Waals surface area contributed by atoms with Crippen LogP contribution < -0.4 is 10.6 Å². The van der Waals surface area contributed by atoms with Crippen LogP contribution in [-0.2, 0) is 4.79 Å². The summed E-state index contributed by atoms with van der Waals surface area (Å²) in [5.74, 6) is 3.24. The zero-order valence-electron chi connectivity index (χ0n) is 11.6. The highest BCUT2D eigenvalue weighted by molar-refractivity contribution is 5.94. The van der Waals surface area contributed by atoms with Gasteiger partial charge in [0.1, 0.15) is 12.1 Å². The molecule has 0 bridgehead atoms. The fourth-order valence-corrected chi connectivity index (χ4v) is 2.14. The first-order chi connectivity index (χ1) is 10.8. The third-order valence-corrected chi connectivity index (χ3v) is 3.15. The minimum Gasteiger partial charge on any atom is -0.340 e. The SMILES string of the molecule is C#Cc1cccc(Nc2ncnc3ccc(NC=O)cc23)c1. The number of nitrogens with zero attached hydrogens (tertiary/aromatic N) is 2. The van der Waals surface area contributed by atoms with E-state index < -0.39 is 0 Å². The number of benzene rings is 2. The average Bonchev–Trinajstić information content (AvgIpc) is 2.56. The topological polar surface area (TPSA) is 66.9 Å². The number of aromatic nitrogens is 2. The van der Waals surface area contributed by atoms with Crippen LogP contribution in [0.5, 0.6) is 0 Å². The Bertz CT molecular complexity index is 883. The molecule has 0 atom stereocenters. The van der Waals surface area contributed by atoms with Gasteiger partial charge in [-0.2, -0.15) is 0 Å². The first-order valence-electron chi connectivity index (χ1n) is 6.59. The number of carbonyl (C=O) groups excluding carboxylic acids is 1. The summed E-state index contributed by atoms with van der Waals surface area (Å²) in [5.41, 5.74) is 3.08. The summed E-state index contributed by atoms with van der Waals surface area (Å²) in [6.07, 6.45) is 7.53. The van der Waals surface area contributed by atoms with E-state index in [0.29, 0.717) is 17.9 Å². The monoisotopic (exact) mass is 288 g/mol. The maximum absolute atomic E-state index is 10.6. The Balaban J connectivity index is 2.04. The highest BCUT2D eigenvalue weighted by Gasteiger charge is 2.05. The highest BCUT2D eigenvalue weighted by atomic mass is 16.1. The van der Waals surface area contributed by atoms with Crippen molar-refractivity contribution in [2.75, 3.05) is 10.6 Å². The standard InChI is InChI=1S/C17H12N4O/c1-2-12-4-3-5-14(8-12)21-17-15-9-13(20-11-22)6-7-16(15)18-10-19-17/h1,3-11H,(H,20,22)(H,18,19,21). The van der Waals surface area contributed by atoms with Gasteiger partial charge in [-0.15, -0.1) is 6.42 Å². The first-order valence-corrected chi connectivity index (χ1v) is 6.59.